The van der Waals surface area contributed by atoms with E-state index in [0.717, 1.165) is 12.8 Å². The van der Waals surface area contributed by atoms with Crippen molar-refractivity contribution < 1.29 is 25.2 Å². The Morgan fingerprint density at radius 1 is 1.19 bits per heavy atom. The van der Waals surface area contributed by atoms with E-state index in [1.165, 1.54) is 25.7 Å². The van der Waals surface area contributed by atoms with Crippen LogP contribution in [0.15, 0.2) is 12.2 Å². The van der Waals surface area contributed by atoms with E-state index >= 15 is 0 Å². The lowest BCUT2D eigenvalue weighted by Gasteiger charge is -2.30. The first-order valence-electron chi connectivity index (χ1n) is 7.54. The van der Waals surface area contributed by atoms with Crippen LogP contribution in [0.5, 0.6) is 0 Å². The van der Waals surface area contributed by atoms with Crippen molar-refractivity contribution in [3.63, 3.8) is 0 Å². The first-order chi connectivity index (χ1) is 9.90. The summed E-state index contributed by atoms with van der Waals surface area (Å²) in [6.07, 6.45) is 7.44. The minimum atomic E-state index is -2.24. The predicted octanol–water partition coefficient (Wildman–Crippen LogP) is 0.789. The van der Waals surface area contributed by atoms with E-state index in [-0.39, 0.29) is 6.42 Å². The summed E-state index contributed by atoms with van der Waals surface area (Å²) in [5, 5.41) is 37.4. The molecule has 0 aromatic carbocycles. The summed E-state index contributed by atoms with van der Waals surface area (Å²) in [6, 6.07) is 0. The average Bonchev–Trinajstić information content (AvgIpc) is 2.47. The molecule has 0 aliphatic carbocycles. The minimum Gasteiger partial charge on any atom is -0.480 e. The van der Waals surface area contributed by atoms with Gasteiger partial charge in [-0.1, -0.05) is 44.8 Å². The summed E-state index contributed by atoms with van der Waals surface area (Å²) < 4.78 is 0. The quantitative estimate of drug-likeness (QED) is 0.268. The molecule has 0 aromatic rings. The second kappa shape index (κ2) is 10.7. The summed E-state index contributed by atoms with van der Waals surface area (Å²) in [5.74, 6) is -1.54. The zero-order valence-electron chi connectivity index (χ0n) is 12.7. The van der Waals surface area contributed by atoms with Crippen molar-refractivity contribution in [2.24, 2.45) is 5.73 Å². The zero-order chi connectivity index (χ0) is 16.3. The molecule has 0 bridgehead atoms. The Bertz CT molecular complexity index is 321. The highest BCUT2D eigenvalue weighted by atomic mass is 16.4. The number of carboxylic acid groups (broad SMARTS) is 1. The number of hydrogen-bond donors (Lipinski definition) is 5. The van der Waals surface area contributed by atoms with Gasteiger partial charge in [-0.15, -0.1) is 0 Å². The molecule has 6 heteroatoms. The molecule has 0 aliphatic rings. The Kier molecular flexibility index (Phi) is 10.2. The van der Waals surface area contributed by atoms with Gasteiger partial charge in [0, 0.05) is 0 Å². The van der Waals surface area contributed by atoms with Gasteiger partial charge in [-0.25, -0.2) is 0 Å². The Hall–Kier alpha value is -0.950. The maximum absolute atomic E-state index is 10.9. The molecule has 0 heterocycles. The van der Waals surface area contributed by atoms with Crippen molar-refractivity contribution in [3.05, 3.63) is 12.2 Å². The molecule has 0 spiro atoms. The number of aliphatic carboxylic acids is 1. The number of aliphatic hydroxyl groups excluding tert-OH is 3. The van der Waals surface area contributed by atoms with Gasteiger partial charge in [0.1, 0.15) is 6.10 Å². The van der Waals surface area contributed by atoms with Crippen LogP contribution in [0.25, 0.3) is 0 Å². The van der Waals surface area contributed by atoms with Crippen LogP contribution in [0.4, 0.5) is 0 Å². The van der Waals surface area contributed by atoms with E-state index in [0.29, 0.717) is 0 Å². The monoisotopic (exact) mass is 303 g/mol. The van der Waals surface area contributed by atoms with E-state index in [9.17, 15) is 15.0 Å². The van der Waals surface area contributed by atoms with E-state index in [1.807, 2.05) is 6.08 Å². The van der Waals surface area contributed by atoms with Crippen LogP contribution in [0.1, 0.15) is 51.9 Å². The number of carbonyl (C=O) groups is 1. The molecular formula is C15H29NO5. The van der Waals surface area contributed by atoms with Gasteiger partial charge >= 0.3 is 5.97 Å². The number of aliphatic hydroxyl groups is 3. The largest absolute Gasteiger partial charge is 0.480 e. The van der Waals surface area contributed by atoms with Gasteiger partial charge in [0.05, 0.1) is 12.7 Å². The number of allylic oxidation sites excluding steroid dienone is 1. The molecule has 0 aliphatic heterocycles. The van der Waals surface area contributed by atoms with Crippen LogP contribution in [0.3, 0.4) is 0 Å². The highest BCUT2D eigenvalue weighted by Crippen LogP contribution is 2.14. The third kappa shape index (κ3) is 7.04. The first-order valence-corrected chi connectivity index (χ1v) is 7.54. The summed E-state index contributed by atoms with van der Waals surface area (Å²) in [5.41, 5.74) is 3.16. The number of hydrogen-bond acceptors (Lipinski definition) is 5. The molecule has 6 nitrogen and oxygen atoms in total. The molecular weight excluding hydrogens is 274 g/mol. The molecule has 0 aromatic heterocycles. The number of nitrogens with two attached hydrogens (primary N) is 1. The Labute approximate surface area is 126 Å². The van der Waals surface area contributed by atoms with Crippen LogP contribution in [-0.4, -0.2) is 50.7 Å². The van der Waals surface area contributed by atoms with Crippen LogP contribution in [0, 0.1) is 0 Å². The van der Waals surface area contributed by atoms with E-state index in [2.05, 4.69) is 6.92 Å². The van der Waals surface area contributed by atoms with E-state index in [4.69, 9.17) is 15.9 Å². The maximum Gasteiger partial charge on any atom is 0.328 e. The first kappa shape index (κ1) is 20.1. The number of rotatable bonds is 12. The summed E-state index contributed by atoms with van der Waals surface area (Å²) in [7, 11) is 0. The summed E-state index contributed by atoms with van der Waals surface area (Å²) >= 11 is 0. The lowest BCUT2D eigenvalue weighted by Crippen LogP contribution is -2.63. The van der Waals surface area contributed by atoms with Crippen molar-refractivity contribution in [2.75, 3.05) is 6.61 Å². The van der Waals surface area contributed by atoms with Crippen LogP contribution in [-0.2, 0) is 4.79 Å². The van der Waals surface area contributed by atoms with E-state index < -0.39 is 30.3 Å². The highest BCUT2D eigenvalue weighted by molar-refractivity contribution is 5.79. The third-order valence-electron chi connectivity index (χ3n) is 3.57. The molecule has 6 N–H and O–H groups in total. The van der Waals surface area contributed by atoms with Crippen LogP contribution >= 0.6 is 0 Å². The van der Waals surface area contributed by atoms with E-state index in [1.54, 1.807) is 6.08 Å². The fourth-order valence-electron chi connectivity index (χ4n) is 1.98. The lowest BCUT2D eigenvalue weighted by molar-refractivity contribution is -0.154. The molecule has 3 atom stereocenters. The standard InChI is InChI=1S/C15H29NO5/c1-2-3-4-5-6-7-8-9-10-12(18)13(19)15(16,11-17)14(20)21/h8-9,12-13,17-19H,2-7,10-11,16H2,1H3,(H,20,21)/b9-8+/t12-,13+,15+/m1/s1. The molecule has 21 heavy (non-hydrogen) atoms. The Morgan fingerprint density at radius 3 is 2.33 bits per heavy atom. The number of unbranched alkanes of at least 4 members (excludes halogenated alkanes) is 5. The maximum atomic E-state index is 10.9. The van der Waals surface area contributed by atoms with Gasteiger partial charge < -0.3 is 26.2 Å². The van der Waals surface area contributed by atoms with Crippen molar-refractivity contribution in [2.45, 2.75) is 69.6 Å². The van der Waals surface area contributed by atoms with Gasteiger partial charge in [-0.05, 0) is 19.3 Å². The molecule has 0 amide bonds. The van der Waals surface area contributed by atoms with Crippen LogP contribution < -0.4 is 5.73 Å². The molecule has 0 unspecified atom stereocenters. The lowest BCUT2D eigenvalue weighted by atomic mass is 9.89. The highest BCUT2D eigenvalue weighted by Gasteiger charge is 2.44. The summed E-state index contributed by atoms with van der Waals surface area (Å²) in [6.45, 7) is 1.22. The van der Waals surface area contributed by atoms with Crippen molar-refractivity contribution in [3.8, 4) is 0 Å². The number of carboxylic acids is 1. The normalized spacial score (nSPS) is 17.6. The second-order valence-electron chi connectivity index (χ2n) is 5.43. The van der Waals surface area contributed by atoms with Crippen LogP contribution in [0.2, 0.25) is 0 Å². The second-order valence-corrected chi connectivity index (χ2v) is 5.43. The van der Waals surface area contributed by atoms with Gasteiger partial charge in [-0.3, -0.25) is 4.79 Å². The van der Waals surface area contributed by atoms with Gasteiger partial charge in [0.15, 0.2) is 5.54 Å². The van der Waals surface area contributed by atoms with Gasteiger partial charge in [-0.2, -0.15) is 0 Å². The molecule has 124 valence electrons. The third-order valence-corrected chi connectivity index (χ3v) is 3.57. The SMILES string of the molecule is CCCCCCC/C=C/C[C@@H](O)[C@H](O)[C@@](N)(CO)C(=O)O. The Balaban J connectivity index is 4.07. The topological polar surface area (TPSA) is 124 Å². The Morgan fingerprint density at radius 2 is 1.81 bits per heavy atom. The van der Waals surface area contributed by atoms with Gasteiger partial charge in [0.25, 0.3) is 0 Å². The average molecular weight is 303 g/mol. The van der Waals surface area contributed by atoms with Crippen molar-refractivity contribution >= 4 is 5.97 Å². The molecule has 0 saturated carbocycles. The fourth-order valence-corrected chi connectivity index (χ4v) is 1.98. The molecule has 0 fully saturated rings. The zero-order valence-corrected chi connectivity index (χ0v) is 12.7. The smallest absolute Gasteiger partial charge is 0.328 e. The molecule has 0 saturated heterocycles. The van der Waals surface area contributed by atoms with Gasteiger partial charge in [0.2, 0.25) is 0 Å². The summed E-state index contributed by atoms with van der Waals surface area (Å²) in [4.78, 5) is 10.9. The van der Waals surface area contributed by atoms with Crippen molar-refractivity contribution in [1.29, 1.82) is 0 Å². The molecule has 0 rings (SSSR count). The fraction of sp³-hybridized carbons (Fsp3) is 0.800. The molecule has 0 radical (unpaired) electrons. The predicted molar refractivity (Wildman–Crippen MR) is 80.8 cm³/mol. The minimum absolute atomic E-state index is 0.0996. The van der Waals surface area contributed by atoms with Crippen molar-refractivity contribution in [1.82, 2.24) is 0 Å².